The van der Waals surface area contributed by atoms with Gasteiger partial charge in [0.25, 0.3) is 5.91 Å². The lowest BCUT2D eigenvalue weighted by molar-refractivity contribution is 0.0907. The number of ether oxygens (including phenoxy) is 1. The Labute approximate surface area is 187 Å². The van der Waals surface area contributed by atoms with Crippen molar-refractivity contribution in [2.45, 2.75) is 51.0 Å². The molecule has 0 spiro atoms. The highest BCUT2D eigenvalue weighted by atomic mass is 16.5. The summed E-state index contributed by atoms with van der Waals surface area (Å²) < 4.78 is 5.38. The minimum Gasteiger partial charge on any atom is -0.496 e. The summed E-state index contributed by atoms with van der Waals surface area (Å²) in [7, 11) is 1.60. The summed E-state index contributed by atoms with van der Waals surface area (Å²) in [4.78, 5) is 15.5. The third kappa shape index (κ3) is 5.66. The van der Waals surface area contributed by atoms with Gasteiger partial charge in [-0.15, -0.1) is 0 Å². The van der Waals surface area contributed by atoms with Crippen molar-refractivity contribution in [2.75, 3.05) is 33.4 Å². The van der Waals surface area contributed by atoms with Crippen molar-refractivity contribution in [3.8, 4) is 5.75 Å². The van der Waals surface area contributed by atoms with Crippen molar-refractivity contribution in [1.82, 2.24) is 15.5 Å². The first-order valence-electron chi connectivity index (χ1n) is 11.5. The van der Waals surface area contributed by atoms with Crippen LogP contribution < -0.4 is 15.4 Å². The molecule has 5 heteroatoms. The maximum Gasteiger partial charge on any atom is 0.255 e. The quantitative estimate of drug-likeness (QED) is 0.563. The fourth-order valence-corrected chi connectivity index (χ4v) is 4.81. The largest absolute Gasteiger partial charge is 0.496 e. The number of nitrogens with zero attached hydrogens (tertiary/aromatic N) is 1. The van der Waals surface area contributed by atoms with Crippen LogP contribution in [0.3, 0.4) is 0 Å². The van der Waals surface area contributed by atoms with E-state index < -0.39 is 0 Å². The number of benzene rings is 2. The molecule has 0 aromatic heterocycles. The Morgan fingerprint density at radius 2 is 1.74 bits per heavy atom. The van der Waals surface area contributed by atoms with Gasteiger partial charge in [-0.25, -0.2) is 0 Å². The van der Waals surface area contributed by atoms with E-state index in [1.165, 1.54) is 5.56 Å². The minimum atomic E-state index is -0.0720. The zero-order chi connectivity index (χ0) is 22.1. The summed E-state index contributed by atoms with van der Waals surface area (Å²) in [6, 6.07) is 18.7. The molecule has 31 heavy (non-hydrogen) atoms. The number of hydrogen-bond donors (Lipinski definition) is 2. The van der Waals surface area contributed by atoms with E-state index in [0.717, 1.165) is 45.4 Å². The molecule has 1 aliphatic rings. The number of para-hydroxylation sites is 1. The Balaban J connectivity index is 1.73. The summed E-state index contributed by atoms with van der Waals surface area (Å²) in [5.74, 6) is 0.539. The summed E-state index contributed by atoms with van der Waals surface area (Å²) >= 11 is 0. The Morgan fingerprint density at radius 1 is 1.06 bits per heavy atom. The summed E-state index contributed by atoms with van der Waals surface area (Å²) in [6.07, 6.45) is 4.41. The van der Waals surface area contributed by atoms with E-state index >= 15 is 0 Å². The molecule has 1 aliphatic carbocycles. The van der Waals surface area contributed by atoms with Crippen LogP contribution in [0.5, 0.6) is 5.75 Å². The van der Waals surface area contributed by atoms with E-state index in [9.17, 15) is 4.79 Å². The van der Waals surface area contributed by atoms with Crippen LogP contribution in [-0.4, -0.2) is 50.3 Å². The molecule has 5 nitrogen and oxygen atoms in total. The lowest BCUT2D eigenvalue weighted by Crippen LogP contribution is -2.49. The van der Waals surface area contributed by atoms with Crippen LogP contribution in [-0.2, 0) is 5.41 Å². The van der Waals surface area contributed by atoms with Gasteiger partial charge in [0.05, 0.1) is 12.7 Å². The van der Waals surface area contributed by atoms with E-state index in [1.807, 2.05) is 24.3 Å². The molecular weight excluding hydrogens is 386 g/mol. The van der Waals surface area contributed by atoms with Gasteiger partial charge in [0.1, 0.15) is 5.75 Å². The monoisotopic (exact) mass is 423 g/mol. The highest BCUT2D eigenvalue weighted by Crippen LogP contribution is 2.40. The fraction of sp³-hybridized carbons (Fsp3) is 0.500. The second-order valence-electron chi connectivity index (χ2n) is 8.43. The smallest absolute Gasteiger partial charge is 0.255 e. The predicted octanol–water partition coefficient (Wildman–Crippen LogP) is 4.19. The SMILES string of the molecule is CCNCN(CC)C1CCC(CNC(=O)c2ccccc2OC)(c2ccccc2)CC1. The van der Waals surface area contributed by atoms with Crippen molar-refractivity contribution < 1.29 is 9.53 Å². The first kappa shape index (κ1) is 23.3. The van der Waals surface area contributed by atoms with Crippen LogP contribution in [0.15, 0.2) is 54.6 Å². The molecule has 1 amide bonds. The molecule has 0 bridgehead atoms. The van der Waals surface area contributed by atoms with Gasteiger partial charge >= 0.3 is 0 Å². The maximum absolute atomic E-state index is 13.0. The molecule has 1 saturated carbocycles. The molecule has 1 fully saturated rings. The minimum absolute atomic E-state index is 0.0347. The average Bonchev–Trinajstić information content (AvgIpc) is 2.84. The van der Waals surface area contributed by atoms with E-state index in [4.69, 9.17) is 4.74 Å². The van der Waals surface area contributed by atoms with Crippen molar-refractivity contribution in [3.63, 3.8) is 0 Å². The topological polar surface area (TPSA) is 53.6 Å². The number of methoxy groups -OCH3 is 1. The molecule has 0 atom stereocenters. The third-order valence-electron chi connectivity index (χ3n) is 6.72. The molecule has 2 N–H and O–H groups in total. The summed E-state index contributed by atoms with van der Waals surface area (Å²) in [6.45, 7) is 8.02. The van der Waals surface area contributed by atoms with Crippen LogP contribution in [0.1, 0.15) is 55.5 Å². The van der Waals surface area contributed by atoms with Gasteiger partial charge in [0.15, 0.2) is 0 Å². The Kier molecular flexibility index (Phi) is 8.50. The zero-order valence-electron chi connectivity index (χ0n) is 19.2. The fourth-order valence-electron chi connectivity index (χ4n) is 4.81. The summed E-state index contributed by atoms with van der Waals surface area (Å²) in [5.41, 5.74) is 1.88. The van der Waals surface area contributed by atoms with Crippen molar-refractivity contribution >= 4 is 5.91 Å². The van der Waals surface area contributed by atoms with Crippen molar-refractivity contribution in [1.29, 1.82) is 0 Å². The number of amides is 1. The zero-order valence-corrected chi connectivity index (χ0v) is 19.2. The molecule has 2 aromatic carbocycles. The van der Waals surface area contributed by atoms with Gasteiger partial charge in [-0.3, -0.25) is 9.69 Å². The van der Waals surface area contributed by atoms with Crippen LogP contribution in [0, 0.1) is 0 Å². The molecule has 0 unspecified atom stereocenters. The normalized spacial score (nSPS) is 21.1. The standard InChI is InChI=1S/C26H37N3O2/c1-4-27-20-29(5-2)22-15-17-26(18-16-22,21-11-7-6-8-12-21)19-28-25(30)23-13-9-10-14-24(23)31-3/h6-14,22,27H,4-5,15-20H2,1-3H3,(H,28,30). The molecule has 168 valence electrons. The van der Waals surface area contributed by atoms with Gasteiger partial charge in [-0.05, 0) is 56.5 Å². The lowest BCUT2D eigenvalue weighted by atomic mass is 9.68. The third-order valence-corrected chi connectivity index (χ3v) is 6.72. The van der Waals surface area contributed by atoms with E-state index in [-0.39, 0.29) is 11.3 Å². The Hall–Kier alpha value is -2.37. The van der Waals surface area contributed by atoms with Gasteiger partial charge < -0.3 is 15.4 Å². The molecule has 2 aromatic rings. The van der Waals surface area contributed by atoms with Crippen LogP contribution in [0.4, 0.5) is 0 Å². The van der Waals surface area contributed by atoms with Crippen molar-refractivity contribution in [2.24, 2.45) is 0 Å². The number of rotatable bonds is 10. The van der Waals surface area contributed by atoms with Gasteiger partial charge in [0, 0.05) is 24.7 Å². The number of hydrogen-bond acceptors (Lipinski definition) is 4. The lowest BCUT2D eigenvalue weighted by Gasteiger charge is -2.44. The second-order valence-corrected chi connectivity index (χ2v) is 8.43. The first-order valence-corrected chi connectivity index (χ1v) is 11.5. The number of nitrogens with one attached hydrogen (secondary N) is 2. The van der Waals surface area contributed by atoms with E-state index in [0.29, 0.717) is 23.9 Å². The molecule has 0 aliphatic heterocycles. The van der Waals surface area contributed by atoms with Crippen LogP contribution in [0.2, 0.25) is 0 Å². The van der Waals surface area contributed by atoms with Gasteiger partial charge in [-0.2, -0.15) is 0 Å². The van der Waals surface area contributed by atoms with Gasteiger partial charge in [-0.1, -0.05) is 56.3 Å². The molecule has 0 radical (unpaired) electrons. The maximum atomic E-state index is 13.0. The summed E-state index contributed by atoms with van der Waals surface area (Å²) in [5, 5.41) is 6.71. The van der Waals surface area contributed by atoms with Crippen LogP contribution in [0.25, 0.3) is 0 Å². The Morgan fingerprint density at radius 3 is 2.39 bits per heavy atom. The van der Waals surface area contributed by atoms with E-state index in [2.05, 4.69) is 59.7 Å². The predicted molar refractivity (Wildman–Crippen MR) is 127 cm³/mol. The highest BCUT2D eigenvalue weighted by molar-refractivity contribution is 5.96. The second kappa shape index (κ2) is 11.3. The first-order chi connectivity index (χ1) is 15.1. The molecule has 0 heterocycles. The van der Waals surface area contributed by atoms with Gasteiger partial charge in [0.2, 0.25) is 0 Å². The molecule has 0 saturated heterocycles. The van der Waals surface area contributed by atoms with E-state index in [1.54, 1.807) is 7.11 Å². The Bertz CT molecular complexity index is 816. The number of carbonyl (C=O) groups is 1. The number of carbonyl (C=O) groups excluding carboxylic acids is 1. The highest BCUT2D eigenvalue weighted by Gasteiger charge is 2.38. The van der Waals surface area contributed by atoms with Crippen molar-refractivity contribution in [3.05, 3.63) is 65.7 Å². The van der Waals surface area contributed by atoms with Crippen LogP contribution >= 0.6 is 0 Å². The molecule has 3 rings (SSSR count). The molecular formula is C26H37N3O2. The average molecular weight is 424 g/mol.